The van der Waals surface area contributed by atoms with Gasteiger partial charge in [0, 0.05) is 19.3 Å². The summed E-state index contributed by atoms with van der Waals surface area (Å²) in [7, 11) is -9.84. The first-order chi connectivity index (χ1) is 56.2. The maximum Gasteiger partial charge on any atom is 0.472 e. The SMILES string of the molecule is CC/C=C\C/C=C\C/C=C\C/C=C\C/C=C\C/C=C\CCCCCCCCCCCCCCCCC(=O)OCC(O)COP(=O)(O)OCC(O)COP(=O)(O)OCC(COC(=O)CCCCCCCC/C=C\C/C=C\C/C=C\C/C=C\C/C=C\C/C=C\CC)OC(=O)CCCC/C=C\C/C=C\C/C=C\C/C=C\C/C=C\C/C=C\CC. The van der Waals surface area contributed by atoms with Crippen LogP contribution in [0.5, 0.6) is 0 Å². The number of hydrogen-bond donors (Lipinski definition) is 4. The molecule has 0 radical (unpaired) electrons. The van der Waals surface area contributed by atoms with Crippen molar-refractivity contribution in [3.8, 4) is 0 Å². The van der Waals surface area contributed by atoms with Crippen molar-refractivity contribution < 1.29 is 75.8 Å². The summed E-state index contributed by atoms with van der Waals surface area (Å²) in [5.74, 6) is -1.65. The van der Waals surface area contributed by atoms with Crippen molar-refractivity contribution in [3.05, 3.63) is 219 Å². The fourth-order valence-electron chi connectivity index (χ4n) is 11.1. The van der Waals surface area contributed by atoms with Gasteiger partial charge in [0.05, 0.1) is 26.4 Å². The van der Waals surface area contributed by atoms with Gasteiger partial charge in [-0.1, -0.05) is 342 Å². The monoisotopic (exact) mass is 1640 g/mol. The summed E-state index contributed by atoms with van der Waals surface area (Å²) in [4.78, 5) is 58.9. The van der Waals surface area contributed by atoms with Crippen LogP contribution in [0.2, 0.25) is 0 Å². The van der Waals surface area contributed by atoms with E-state index in [1.165, 1.54) is 64.2 Å². The summed E-state index contributed by atoms with van der Waals surface area (Å²) in [6.07, 6.45) is 118. The second kappa shape index (κ2) is 87.2. The molecular weight excluding hydrogens is 1480 g/mol. The van der Waals surface area contributed by atoms with E-state index in [4.69, 9.17) is 32.3 Å². The molecule has 0 rings (SSSR count). The normalized spacial score (nSPS) is 14.9. The zero-order chi connectivity index (χ0) is 83.6. The molecule has 5 unspecified atom stereocenters. The van der Waals surface area contributed by atoms with Crippen LogP contribution in [0.4, 0.5) is 0 Å². The summed E-state index contributed by atoms with van der Waals surface area (Å²) in [5.41, 5.74) is 0. The number of phosphoric ester groups is 2. The van der Waals surface area contributed by atoms with Crippen LogP contribution in [-0.2, 0) is 55.8 Å². The van der Waals surface area contributed by atoms with Gasteiger partial charge in [-0.25, -0.2) is 9.13 Å². The molecule has 18 heteroatoms. The predicted octanol–water partition coefficient (Wildman–Crippen LogP) is 27.0. The van der Waals surface area contributed by atoms with Gasteiger partial charge in [0.2, 0.25) is 0 Å². The molecule has 0 amide bonds. The lowest BCUT2D eigenvalue weighted by Crippen LogP contribution is -2.30. The van der Waals surface area contributed by atoms with Gasteiger partial charge in [0.25, 0.3) is 0 Å². The van der Waals surface area contributed by atoms with E-state index in [0.717, 1.165) is 186 Å². The van der Waals surface area contributed by atoms with E-state index in [1.807, 2.05) is 0 Å². The Morgan fingerprint density at radius 2 is 0.435 bits per heavy atom. The number of allylic oxidation sites excluding steroid dienone is 36. The molecule has 4 N–H and O–H groups in total. The lowest BCUT2D eigenvalue weighted by molar-refractivity contribution is -0.161. The molecule has 0 aliphatic rings. The van der Waals surface area contributed by atoms with Crippen molar-refractivity contribution in [2.24, 2.45) is 0 Å². The van der Waals surface area contributed by atoms with Gasteiger partial charge in [0.1, 0.15) is 25.4 Å². The number of ether oxygens (including phenoxy) is 3. The third-order valence-corrected chi connectivity index (χ3v) is 19.6. The molecule has 0 aromatic heterocycles. The molecular formula is C97H156O16P2. The Morgan fingerprint density at radius 1 is 0.243 bits per heavy atom. The minimum Gasteiger partial charge on any atom is -0.463 e. The average molecular weight is 1640 g/mol. The average Bonchev–Trinajstić information content (AvgIpc) is 0.902. The van der Waals surface area contributed by atoms with Gasteiger partial charge in [-0.15, -0.1) is 0 Å². The molecule has 5 atom stereocenters. The minimum atomic E-state index is -4.96. The van der Waals surface area contributed by atoms with E-state index in [1.54, 1.807) is 0 Å². The number of carbonyl (C=O) groups excluding carboxylic acids is 3. The molecule has 0 aromatic carbocycles. The molecule has 0 saturated heterocycles. The van der Waals surface area contributed by atoms with Crippen molar-refractivity contribution in [2.45, 2.75) is 334 Å². The molecule has 0 saturated carbocycles. The second-order valence-electron chi connectivity index (χ2n) is 28.5. The highest BCUT2D eigenvalue weighted by Gasteiger charge is 2.29. The molecule has 0 spiro atoms. The Morgan fingerprint density at radius 3 is 0.704 bits per heavy atom. The van der Waals surface area contributed by atoms with Crippen LogP contribution < -0.4 is 0 Å². The summed E-state index contributed by atoms with van der Waals surface area (Å²) in [6.45, 7) is 2.26. The van der Waals surface area contributed by atoms with E-state index in [-0.39, 0.29) is 19.3 Å². The summed E-state index contributed by atoms with van der Waals surface area (Å²) < 4.78 is 61.3. The standard InChI is InChI=1S/C97H156O16P2/c1-4-7-10-13-16-19-22-25-28-31-34-37-39-41-42-43-44-45-46-47-48-50-52-54-56-59-62-65-68-71-74-77-80-83-95(100)107-86-92(98)87-109-114(103,104)110-88-93(99)89-111-115(105,106)112-91-94(113-97(102)85-82-79-76-73-70-67-64-61-58-53-36-33-30-27-24-21-18-15-12-9-6-3)90-108-96(101)84-81-78-75-72-69-66-63-60-57-55-51-49-40-38-35-32-29-26-23-20-17-14-11-8-5-2/h7-12,16-21,25-30,34-38,41-42,44-45,49,51,53,57,60-61,64,70,73,92-94,98-99H,4-6,13-15,22-24,31-33,39-40,43,46-48,50,52,54-56,58-59,62-63,65-69,71-72,74-91H2,1-3H3,(H,103,104)(H,105,106)/b10-7-,11-8-,12-9-,19-16-,20-17-,21-18-,28-25-,29-26-,30-27-,37-34-,38-35-,42-41-,45-44-,51-49-,53-36-,60-57-,64-61-,73-70-. The maximum atomic E-state index is 13.0. The van der Waals surface area contributed by atoms with E-state index in [2.05, 4.69) is 240 Å². The zero-order valence-corrected chi connectivity index (χ0v) is 73.2. The quantitative estimate of drug-likeness (QED) is 0.0146. The molecule has 0 fully saturated rings. The zero-order valence-electron chi connectivity index (χ0n) is 71.4. The van der Waals surface area contributed by atoms with Crippen LogP contribution in [0, 0.1) is 0 Å². The van der Waals surface area contributed by atoms with E-state index >= 15 is 0 Å². The Labute approximate surface area is 698 Å². The maximum absolute atomic E-state index is 13.0. The summed E-state index contributed by atoms with van der Waals surface area (Å²) >= 11 is 0. The van der Waals surface area contributed by atoms with Crippen LogP contribution in [0.1, 0.15) is 316 Å². The molecule has 0 aromatic rings. The number of carbonyl (C=O) groups is 3. The highest BCUT2D eigenvalue weighted by molar-refractivity contribution is 7.47. The summed E-state index contributed by atoms with van der Waals surface area (Å²) in [6, 6.07) is 0. The van der Waals surface area contributed by atoms with Crippen LogP contribution in [-0.4, -0.2) is 95.9 Å². The molecule has 650 valence electrons. The number of aliphatic hydroxyl groups is 2. The number of hydrogen-bond acceptors (Lipinski definition) is 14. The number of unbranched alkanes of at least 4 members (excludes halogenated alkanes) is 22. The van der Waals surface area contributed by atoms with Crippen LogP contribution in [0.25, 0.3) is 0 Å². The third-order valence-electron chi connectivity index (χ3n) is 17.7. The van der Waals surface area contributed by atoms with Crippen molar-refractivity contribution in [2.75, 3.05) is 39.6 Å². The Kier molecular flexibility index (Phi) is 82.5. The van der Waals surface area contributed by atoms with Gasteiger partial charge in [-0.2, -0.15) is 0 Å². The molecule has 16 nitrogen and oxygen atoms in total. The van der Waals surface area contributed by atoms with E-state index in [9.17, 15) is 43.5 Å². The number of phosphoric acid groups is 2. The molecule has 0 aliphatic carbocycles. The largest absolute Gasteiger partial charge is 0.472 e. The lowest BCUT2D eigenvalue weighted by atomic mass is 10.0. The second-order valence-corrected chi connectivity index (χ2v) is 31.5. The van der Waals surface area contributed by atoms with Gasteiger partial charge in [-0.3, -0.25) is 32.5 Å². The number of aliphatic hydroxyl groups excluding tert-OH is 2. The fraction of sp³-hybridized carbons (Fsp3) is 0.598. The summed E-state index contributed by atoms with van der Waals surface area (Å²) in [5, 5.41) is 20.7. The Hall–Kier alpha value is -6.13. The van der Waals surface area contributed by atoms with Gasteiger partial charge in [0.15, 0.2) is 6.10 Å². The molecule has 115 heavy (non-hydrogen) atoms. The first-order valence-electron chi connectivity index (χ1n) is 44.0. The topological polar surface area (TPSA) is 231 Å². The number of rotatable bonds is 81. The Balaban J connectivity index is 4.65. The molecule has 0 bridgehead atoms. The van der Waals surface area contributed by atoms with Crippen molar-refractivity contribution >= 4 is 33.6 Å². The van der Waals surface area contributed by atoms with Crippen LogP contribution >= 0.6 is 15.6 Å². The molecule has 0 aliphatic heterocycles. The van der Waals surface area contributed by atoms with Crippen molar-refractivity contribution in [3.63, 3.8) is 0 Å². The van der Waals surface area contributed by atoms with Crippen LogP contribution in [0.15, 0.2) is 219 Å². The van der Waals surface area contributed by atoms with Gasteiger partial charge < -0.3 is 34.2 Å². The van der Waals surface area contributed by atoms with Crippen LogP contribution in [0.3, 0.4) is 0 Å². The highest BCUT2D eigenvalue weighted by Crippen LogP contribution is 2.45. The first kappa shape index (κ1) is 109. The van der Waals surface area contributed by atoms with Gasteiger partial charge in [-0.05, 0) is 173 Å². The molecule has 0 heterocycles. The third kappa shape index (κ3) is 88.5. The van der Waals surface area contributed by atoms with E-state index in [0.29, 0.717) is 25.7 Å². The van der Waals surface area contributed by atoms with Crippen molar-refractivity contribution in [1.29, 1.82) is 0 Å². The van der Waals surface area contributed by atoms with E-state index < -0.39 is 91.5 Å². The highest BCUT2D eigenvalue weighted by atomic mass is 31.2. The number of esters is 3. The minimum absolute atomic E-state index is 0.0370. The van der Waals surface area contributed by atoms with Gasteiger partial charge >= 0.3 is 33.6 Å². The first-order valence-corrected chi connectivity index (χ1v) is 47.0. The van der Waals surface area contributed by atoms with Crippen molar-refractivity contribution in [1.82, 2.24) is 0 Å². The predicted molar refractivity (Wildman–Crippen MR) is 481 cm³/mol. The fourth-order valence-corrected chi connectivity index (χ4v) is 12.7. The smallest absolute Gasteiger partial charge is 0.463 e. The Bertz CT molecular complexity index is 2970. The lowest BCUT2D eigenvalue weighted by Gasteiger charge is -2.21.